The van der Waals surface area contributed by atoms with Crippen LogP contribution >= 0.6 is 15.9 Å². The molecule has 0 unspecified atom stereocenters. The van der Waals surface area contributed by atoms with Crippen LogP contribution in [0, 0.1) is 13.8 Å². The van der Waals surface area contributed by atoms with Gasteiger partial charge in [0, 0.05) is 34.1 Å². The molecule has 0 aromatic heterocycles. The van der Waals surface area contributed by atoms with Gasteiger partial charge in [0.15, 0.2) is 6.61 Å². The Hall–Kier alpha value is -3.19. The second-order valence-corrected chi connectivity index (χ2v) is 8.35. The lowest BCUT2D eigenvalue weighted by molar-refractivity contribution is -0.147. The molecule has 7 heteroatoms. The van der Waals surface area contributed by atoms with Crippen molar-refractivity contribution in [2.45, 2.75) is 33.1 Å². The van der Waals surface area contributed by atoms with E-state index in [-0.39, 0.29) is 25.4 Å². The number of ether oxygens (including phenoxy) is 1. The maximum absolute atomic E-state index is 12.3. The number of amides is 2. The molecule has 3 aromatic rings. The van der Waals surface area contributed by atoms with Crippen molar-refractivity contribution in [1.82, 2.24) is 0 Å². The summed E-state index contributed by atoms with van der Waals surface area (Å²) in [6, 6.07) is 17.2. The normalized spacial score (nSPS) is 10.6. The van der Waals surface area contributed by atoms with E-state index in [4.69, 9.17) is 4.74 Å². The predicted octanol–water partition coefficient (Wildman–Crippen LogP) is 5.51. The van der Waals surface area contributed by atoms with Gasteiger partial charge in [-0.05, 0) is 55.0 Å². The maximum atomic E-state index is 12.3. The molecule has 2 amide bonds. The lowest BCUT2D eigenvalue weighted by atomic mass is 10.1. The molecule has 166 valence electrons. The molecule has 0 spiro atoms. The van der Waals surface area contributed by atoms with Crippen molar-refractivity contribution >= 4 is 55.9 Å². The van der Waals surface area contributed by atoms with Crippen LogP contribution in [-0.4, -0.2) is 24.4 Å². The lowest BCUT2D eigenvalue weighted by Gasteiger charge is -2.10. The number of esters is 1. The van der Waals surface area contributed by atoms with Gasteiger partial charge in [0.2, 0.25) is 5.91 Å². The highest BCUT2D eigenvalue weighted by Crippen LogP contribution is 2.25. The first kappa shape index (κ1) is 23.5. The first-order chi connectivity index (χ1) is 15.3. The van der Waals surface area contributed by atoms with Crippen LogP contribution in [0.25, 0.3) is 10.8 Å². The Bertz CT molecular complexity index is 1130. The molecule has 0 atom stereocenters. The number of anilines is 2. The topological polar surface area (TPSA) is 84.5 Å². The highest BCUT2D eigenvalue weighted by Gasteiger charge is 2.11. The fraction of sp³-hybridized carbons (Fsp3) is 0.240. The Kier molecular flexibility index (Phi) is 8.00. The SMILES string of the molecule is Cc1cc(NC(=O)COC(=O)CCCC(=O)Nc2cccc3ccccc23)cc(C)c1Br. The number of nitrogens with one attached hydrogen (secondary N) is 2. The summed E-state index contributed by atoms with van der Waals surface area (Å²) in [7, 11) is 0. The van der Waals surface area contributed by atoms with Gasteiger partial charge in [0.25, 0.3) is 5.91 Å². The molecule has 0 saturated carbocycles. The van der Waals surface area contributed by atoms with Crippen molar-refractivity contribution < 1.29 is 19.1 Å². The van der Waals surface area contributed by atoms with Gasteiger partial charge in [-0.1, -0.05) is 52.3 Å². The molecule has 0 bridgehead atoms. The molecule has 0 fully saturated rings. The van der Waals surface area contributed by atoms with E-state index in [2.05, 4.69) is 26.6 Å². The van der Waals surface area contributed by atoms with E-state index >= 15 is 0 Å². The third-order valence-electron chi connectivity index (χ3n) is 4.93. The molecule has 3 aromatic carbocycles. The van der Waals surface area contributed by atoms with Crippen LogP contribution in [0.5, 0.6) is 0 Å². The summed E-state index contributed by atoms with van der Waals surface area (Å²) in [5, 5.41) is 7.62. The average Bonchev–Trinajstić information content (AvgIpc) is 2.76. The van der Waals surface area contributed by atoms with Crippen LogP contribution in [0.4, 0.5) is 11.4 Å². The van der Waals surface area contributed by atoms with Crippen molar-refractivity contribution in [3.05, 3.63) is 70.2 Å². The second-order valence-electron chi connectivity index (χ2n) is 7.56. The number of hydrogen-bond donors (Lipinski definition) is 2. The minimum Gasteiger partial charge on any atom is -0.456 e. The third kappa shape index (κ3) is 6.40. The predicted molar refractivity (Wildman–Crippen MR) is 130 cm³/mol. The summed E-state index contributed by atoms with van der Waals surface area (Å²) in [5.74, 6) is -1.10. The highest BCUT2D eigenvalue weighted by atomic mass is 79.9. The lowest BCUT2D eigenvalue weighted by Crippen LogP contribution is -2.21. The summed E-state index contributed by atoms with van der Waals surface area (Å²) in [5.41, 5.74) is 3.39. The smallest absolute Gasteiger partial charge is 0.306 e. The monoisotopic (exact) mass is 496 g/mol. The summed E-state index contributed by atoms with van der Waals surface area (Å²) in [6.45, 7) is 3.50. The van der Waals surface area contributed by atoms with Crippen LogP contribution in [0.15, 0.2) is 59.1 Å². The quantitative estimate of drug-likeness (QED) is 0.402. The molecule has 2 N–H and O–H groups in total. The average molecular weight is 497 g/mol. The van der Waals surface area contributed by atoms with E-state index in [1.807, 2.05) is 68.4 Å². The third-order valence-corrected chi connectivity index (χ3v) is 6.18. The van der Waals surface area contributed by atoms with E-state index in [9.17, 15) is 14.4 Å². The molecule has 6 nitrogen and oxygen atoms in total. The molecule has 0 radical (unpaired) electrons. The summed E-state index contributed by atoms with van der Waals surface area (Å²) >= 11 is 3.48. The number of carbonyl (C=O) groups is 3. The van der Waals surface area contributed by atoms with Crippen LogP contribution in [-0.2, 0) is 19.1 Å². The molecule has 0 aliphatic carbocycles. The van der Waals surface area contributed by atoms with Gasteiger partial charge in [-0.2, -0.15) is 0 Å². The maximum Gasteiger partial charge on any atom is 0.306 e. The number of rotatable bonds is 8. The van der Waals surface area contributed by atoms with Gasteiger partial charge in [-0.3, -0.25) is 14.4 Å². The Morgan fingerprint density at radius 3 is 2.31 bits per heavy atom. The van der Waals surface area contributed by atoms with Crippen molar-refractivity contribution in [3.63, 3.8) is 0 Å². The second kappa shape index (κ2) is 10.9. The zero-order chi connectivity index (χ0) is 23.1. The highest BCUT2D eigenvalue weighted by molar-refractivity contribution is 9.10. The molecule has 32 heavy (non-hydrogen) atoms. The van der Waals surface area contributed by atoms with Crippen LogP contribution in [0.1, 0.15) is 30.4 Å². The van der Waals surface area contributed by atoms with Gasteiger partial charge in [0.1, 0.15) is 0 Å². The van der Waals surface area contributed by atoms with Gasteiger partial charge in [0.05, 0.1) is 0 Å². The van der Waals surface area contributed by atoms with Crippen molar-refractivity contribution in [2.24, 2.45) is 0 Å². The zero-order valence-corrected chi connectivity index (χ0v) is 19.6. The van der Waals surface area contributed by atoms with Crippen molar-refractivity contribution in [1.29, 1.82) is 0 Å². The number of benzene rings is 3. The van der Waals surface area contributed by atoms with Gasteiger partial charge in [-0.15, -0.1) is 0 Å². The molecular weight excluding hydrogens is 472 g/mol. The fourth-order valence-corrected chi connectivity index (χ4v) is 3.60. The number of aryl methyl sites for hydroxylation is 2. The molecule has 0 aliphatic heterocycles. The van der Waals surface area contributed by atoms with E-state index in [1.54, 1.807) is 0 Å². The van der Waals surface area contributed by atoms with Gasteiger partial charge < -0.3 is 15.4 Å². The summed E-state index contributed by atoms with van der Waals surface area (Å²) in [6.07, 6.45) is 0.580. The zero-order valence-electron chi connectivity index (χ0n) is 18.0. The van der Waals surface area contributed by atoms with Crippen LogP contribution in [0.3, 0.4) is 0 Å². The van der Waals surface area contributed by atoms with Crippen LogP contribution < -0.4 is 10.6 Å². The van der Waals surface area contributed by atoms with Gasteiger partial charge >= 0.3 is 5.97 Å². The van der Waals surface area contributed by atoms with Crippen molar-refractivity contribution in [2.75, 3.05) is 17.2 Å². The first-order valence-corrected chi connectivity index (χ1v) is 11.1. The Morgan fingerprint density at radius 1 is 0.875 bits per heavy atom. The number of carbonyl (C=O) groups excluding carboxylic acids is 3. The van der Waals surface area contributed by atoms with Crippen molar-refractivity contribution in [3.8, 4) is 0 Å². The van der Waals surface area contributed by atoms with Gasteiger partial charge in [-0.25, -0.2) is 0 Å². The van der Waals surface area contributed by atoms with E-state index < -0.39 is 11.9 Å². The largest absolute Gasteiger partial charge is 0.456 e. The number of hydrogen-bond acceptors (Lipinski definition) is 4. The minimum absolute atomic E-state index is 0.0622. The molecule has 3 rings (SSSR count). The Morgan fingerprint density at radius 2 is 1.56 bits per heavy atom. The Balaban J connectivity index is 1.39. The standard InChI is InChI=1S/C25H25BrN2O4/c1-16-13-19(14-17(2)25(16)26)27-23(30)15-32-24(31)12-6-11-22(29)28-21-10-5-8-18-7-3-4-9-20(18)21/h3-5,7-10,13-14H,6,11-12,15H2,1-2H3,(H,27,30)(H,28,29). The molecule has 0 saturated heterocycles. The van der Waals surface area contributed by atoms with E-state index in [0.29, 0.717) is 12.1 Å². The molecular formula is C25H25BrN2O4. The minimum atomic E-state index is -0.513. The number of fused-ring (bicyclic) bond motifs is 1. The Labute approximate surface area is 195 Å². The number of halogens is 1. The fourth-order valence-electron chi connectivity index (χ4n) is 3.37. The van der Waals surface area contributed by atoms with E-state index in [0.717, 1.165) is 32.1 Å². The summed E-state index contributed by atoms with van der Waals surface area (Å²) in [4.78, 5) is 36.2. The molecule has 0 heterocycles. The molecule has 0 aliphatic rings. The van der Waals surface area contributed by atoms with Crippen LogP contribution in [0.2, 0.25) is 0 Å². The first-order valence-electron chi connectivity index (χ1n) is 10.3. The van der Waals surface area contributed by atoms with E-state index in [1.165, 1.54) is 0 Å². The summed E-state index contributed by atoms with van der Waals surface area (Å²) < 4.78 is 6.02.